The van der Waals surface area contributed by atoms with Crippen molar-refractivity contribution in [3.63, 3.8) is 0 Å². The molecule has 0 amide bonds. The molecule has 2 rings (SSSR count). The van der Waals surface area contributed by atoms with E-state index in [1.54, 1.807) is 0 Å². The predicted octanol–water partition coefficient (Wildman–Crippen LogP) is 0.461. The highest BCUT2D eigenvalue weighted by Crippen LogP contribution is 2.24. The van der Waals surface area contributed by atoms with Crippen LogP contribution < -0.4 is 5.73 Å². The van der Waals surface area contributed by atoms with E-state index in [0.29, 0.717) is 5.84 Å². The first-order valence-electron chi connectivity index (χ1n) is 4.52. The first-order valence-corrected chi connectivity index (χ1v) is 4.52. The van der Waals surface area contributed by atoms with E-state index in [1.807, 2.05) is 17.9 Å². The summed E-state index contributed by atoms with van der Waals surface area (Å²) in [5, 5.41) is 11.6. The Morgan fingerprint density at radius 1 is 1.77 bits per heavy atom. The fourth-order valence-corrected chi connectivity index (χ4v) is 1.91. The molecule has 70 valence electrons. The van der Waals surface area contributed by atoms with E-state index in [4.69, 9.17) is 11.1 Å². The molecule has 3 N–H and O–H groups in total. The van der Waals surface area contributed by atoms with Crippen LogP contribution in [0, 0.1) is 11.3 Å². The van der Waals surface area contributed by atoms with Crippen LogP contribution in [0.5, 0.6) is 0 Å². The molecule has 1 aromatic heterocycles. The van der Waals surface area contributed by atoms with E-state index in [1.165, 1.54) is 11.3 Å². The molecular formula is C9H14N4. The number of amidine groups is 1. The van der Waals surface area contributed by atoms with E-state index < -0.39 is 0 Å². The van der Waals surface area contributed by atoms with E-state index in [-0.39, 0.29) is 5.92 Å². The van der Waals surface area contributed by atoms with Crippen molar-refractivity contribution in [2.45, 2.75) is 19.3 Å². The van der Waals surface area contributed by atoms with Gasteiger partial charge in [0.25, 0.3) is 0 Å². The van der Waals surface area contributed by atoms with Gasteiger partial charge in [0.1, 0.15) is 0 Å². The van der Waals surface area contributed by atoms with Gasteiger partial charge in [-0.25, -0.2) is 0 Å². The van der Waals surface area contributed by atoms with Crippen LogP contribution >= 0.6 is 0 Å². The minimum absolute atomic E-state index is 0.225. The number of aryl methyl sites for hydroxylation is 2. The Bertz CT molecular complexity index is 339. The lowest BCUT2D eigenvalue weighted by Gasteiger charge is -2.21. The minimum atomic E-state index is 0.225. The van der Waals surface area contributed by atoms with Crippen LogP contribution in [0.25, 0.3) is 0 Å². The van der Waals surface area contributed by atoms with Gasteiger partial charge < -0.3 is 5.73 Å². The van der Waals surface area contributed by atoms with E-state index in [0.717, 1.165) is 19.3 Å². The van der Waals surface area contributed by atoms with Crippen molar-refractivity contribution in [3.05, 3.63) is 17.5 Å². The largest absolute Gasteiger partial charge is 0.387 e. The van der Waals surface area contributed by atoms with Gasteiger partial charge in [0.05, 0.1) is 12.0 Å². The number of hydrogen-bond acceptors (Lipinski definition) is 2. The first-order chi connectivity index (χ1) is 6.18. The highest BCUT2D eigenvalue weighted by Gasteiger charge is 2.23. The van der Waals surface area contributed by atoms with Gasteiger partial charge in [-0.2, -0.15) is 5.10 Å². The maximum Gasteiger partial charge on any atom is 0.0941 e. The molecule has 0 bridgehead atoms. The number of nitrogens with two attached hydrogens (primary N) is 1. The van der Waals surface area contributed by atoms with Gasteiger partial charge in [-0.3, -0.25) is 10.1 Å². The molecular weight excluding hydrogens is 164 g/mol. The van der Waals surface area contributed by atoms with Crippen molar-refractivity contribution < 1.29 is 0 Å². The Kier molecular flexibility index (Phi) is 1.83. The fraction of sp³-hybridized carbons (Fsp3) is 0.556. The second-order valence-electron chi connectivity index (χ2n) is 3.64. The minimum Gasteiger partial charge on any atom is -0.387 e. The molecule has 1 aliphatic carbocycles. The van der Waals surface area contributed by atoms with Gasteiger partial charge >= 0.3 is 0 Å². The average Bonchev–Trinajstić information content (AvgIpc) is 2.47. The van der Waals surface area contributed by atoms with Crippen molar-refractivity contribution in [2.75, 3.05) is 0 Å². The van der Waals surface area contributed by atoms with Gasteiger partial charge in [0.2, 0.25) is 0 Å². The van der Waals surface area contributed by atoms with Gasteiger partial charge in [0.15, 0.2) is 0 Å². The van der Waals surface area contributed by atoms with Gasteiger partial charge in [0, 0.05) is 18.7 Å². The maximum absolute atomic E-state index is 7.40. The average molecular weight is 178 g/mol. The highest BCUT2D eigenvalue weighted by molar-refractivity contribution is 5.80. The molecule has 0 spiro atoms. The summed E-state index contributed by atoms with van der Waals surface area (Å²) in [5.41, 5.74) is 8.06. The molecule has 0 saturated carbocycles. The third kappa shape index (κ3) is 1.32. The van der Waals surface area contributed by atoms with Crippen molar-refractivity contribution in [1.82, 2.24) is 9.78 Å². The summed E-state index contributed by atoms with van der Waals surface area (Å²) < 4.78 is 1.89. The number of fused-ring (bicyclic) bond motifs is 1. The lowest BCUT2D eigenvalue weighted by atomic mass is 9.87. The molecule has 1 heterocycles. The Morgan fingerprint density at radius 3 is 3.23 bits per heavy atom. The first kappa shape index (κ1) is 8.29. The molecule has 1 atom stereocenters. The zero-order valence-corrected chi connectivity index (χ0v) is 7.75. The third-order valence-electron chi connectivity index (χ3n) is 2.79. The molecule has 0 aromatic carbocycles. The van der Waals surface area contributed by atoms with Gasteiger partial charge in [-0.15, -0.1) is 0 Å². The smallest absolute Gasteiger partial charge is 0.0941 e. The van der Waals surface area contributed by atoms with E-state index in [9.17, 15) is 0 Å². The third-order valence-corrected chi connectivity index (χ3v) is 2.79. The van der Waals surface area contributed by atoms with Crippen LogP contribution in [0.2, 0.25) is 0 Å². The SMILES string of the molecule is Cn1ncc2c1C[C@@H](C(=N)N)CC2. The highest BCUT2D eigenvalue weighted by atomic mass is 15.3. The molecule has 0 unspecified atom stereocenters. The Morgan fingerprint density at radius 2 is 2.54 bits per heavy atom. The lowest BCUT2D eigenvalue weighted by Crippen LogP contribution is -2.28. The van der Waals surface area contributed by atoms with Crippen molar-refractivity contribution in [1.29, 1.82) is 5.41 Å². The zero-order chi connectivity index (χ0) is 9.42. The monoisotopic (exact) mass is 178 g/mol. The summed E-state index contributed by atoms with van der Waals surface area (Å²) in [6.45, 7) is 0. The van der Waals surface area contributed by atoms with Crippen LogP contribution in [0.1, 0.15) is 17.7 Å². The van der Waals surface area contributed by atoms with Gasteiger partial charge in [-0.05, 0) is 24.8 Å². The quantitative estimate of drug-likeness (QED) is 0.484. The summed E-state index contributed by atoms with van der Waals surface area (Å²) in [4.78, 5) is 0. The van der Waals surface area contributed by atoms with Crippen molar-refractivity contribution in [3.8, 4) is 0 Å². The molecule has 0 fully saturated rings. The summed E-state index contributed by atoms with van der Waals surface area (Å²) in [6, 6.07) is 0. The van der Waals surface area contributed by atoms with Crippen LogP contribution in [0.15, 0.2) is 6.20 Å². The van der Waals surface area contributed by atoms with Crippen molar-refractivity contribution >= 4 is 5.84 Å². The molecule has 0 saturated heterocycles. The molecule has 0 radical (unpaired) electrons. The van der Waals surface area contributed by atoms with Crippen LogP contribution in [0.4, 0.5) is 0 Å². The summed E-state index contributed by atoms with van der Waals surface area (Å²) in [6.07, 6.45) is 4.80. The number of nitrogens with zero attached hydrogens (tertiary/aromatic N) is 2. The summed E-state index contributed by atoms with van der Waals surface area (Å²) >= 11 is 0. The molecule has 1 aliphatic rings. The fourth-order valence-electron chi connectivity index (χ4n) is 1.91. The van der Waals surface area contributed by atoms with E-state index >= 15 is 0 Å². The Labute approximate surface area is 77.2 Å². The molecule has 4 nitrogen and oxygen atoms in total. The maximum atomic E-state index is 7.40. The lowest BCUT2D eigenvalue weighted by molar-refractivity contribution is 0.546. The zero-order valence-electron chi connectivity index (χ0n) is 7.75. The number of hydrogen-bond donors (Lipinski definition) is 2. The topological polar surface area (TPSA) is 67.7 Å². The number of aromatic nitrogens is 2. The predicted molar refractivity (Wildman–Crippen MR) is 50.6 cm³/mol. The molecule has 1 aromatic rings. The summed E-state index contributed by atoms with van der Waals surface area (Å²) in [5.74, 6) is 0.537. The Balaban J connectivity index is 2.27. The van der Waals surface area contributed by atoms with Gasteiger partial charge in [-0.1, -0.05) is 0 Å². The van der Waals surface area contributed by atoms with E-state index in [2.05, 4.69) is 5.10 Å². The van der Waals surface area contributed by atoms with Crippen LogP contribution in [-0.4, -0.2) is 15.6 Å². The summed E-state index contributed by atoms with van der Waals surface area (Å²) in [7, 11) is 1.95. The molecule has 4 heteroatoms. The normalized spacial score (nSPS) is 21.2. The second kappa shape index (κ2) is 2.87. The standard InChI is InChI=1S/C9H14N4/c1-13-8-4-6(9(10)11)2-3-7(8)5-12-13/h5-6H,2-4H2,1H3,(H3,10,11)/t6-/m0/s1. The molecule has 0 aliphatic heterocycles. The number of rotatable bonds is 1. The second-order valence-corrected chi connectivity index (χ2v) is 3.64. The van der Waals surface area contributed by atoms with Crippen molar-refractivity contribution in [2.24, 2.45) is 18.7 Å². The molecule has 13 heavy (non-hydrogen) atoms. The number of nitrogens with one attached hydrogen (secondary N) is 1. The van der Waals surface area contributed by atoms with Crippen LogP contribution in [-0.2, 0) is 19.9 Å². The van der Waals surface area contributed by atoms with Crippen LogP contribution in [0.3, 0.4) is 0 Å². The Hall–Kier alpha value is -1.32.